The smallest absolute Gasteiger partial charge is 0.347 e. The third-order valence-corrected chi connectivity index (χ3v) is 6.01. The molecule has 0 amide bonds. The van der Waals surface area contributed by atoms with Crippen LogP contribution in [0, 0.1) is 0 Å². The topological polar surface area (TPSA) is 66.0 Å². The molecule has 2 rings (SSSR count). The van der Waals surface area contributed by atoms with Crippen LogP contribution in [-0.4, -0.2) is 33.2 Å². The van der Waals surface area contributed by atoms with Crippen LogP contribution in [0.3, 0.4) is 0 Å². The van der Waals surface area contributed by atoms with Gasteiger partial charge in [0.15, 0.2) is 11.5 Å². The molecule has 0 saturated heterocycles. The largest absolute Gasteiger partial charge is 0.493 e. The first-order valence-electron chi connectivity index (χ1n) is 7.43. The molecule has 1 atom stereocenters. The summed E-state index contributed by atoms with van der Waals surface area (Å²) in [4.78, 5) is 0. The Balaban J connectivity index is 2.28. The monoisotopic (exact) mass is 329 g/mol. The maximum atomic E-state index is 12.9. The standard InChI is InChI=1S/C15H24NO5P/c1-5-20-22(17,21-6-2)15-9-11-7-13(18-3)14(19-4)8-12(11)10-16-15/h7-8,15-16H,5-6,9-10H2,1-4H3/t15-/m0/s1. The first kappa shape index (κ1) is 17.3. The zero-order valence-electron chi connectivity index (χ0n) is 13.5. The molecule has 0 unspecified atom stereocenters. The lowest BCUT2D eigenvalue weighted by Crippen LogP contribution is -2.36. The Hall–Kier alpha value is -1.07. The summed E-state index contributed by atoms with van der Waals surface area (Å²) in [6.07, 6.45) is 0.562. The van der Waals surface area contributed by atoms with Crippen molar-refractivity contribution in [3.05, 3.63) is 23.3 Å². The molecule has 0 radical (unpaired) electrons. The minimum Gasteiger partial charge on any atom is -0.493 e. The molecule has 6 nitrogen and oxygen atoms in total. The highest BCUT2D eigenvalue weighted by molar-refractivity contribution is 7.54. The third-order valence-electron chi connectivity index (χ3n) is 3.65. The lowest BCUT2D eigenvalue weighted by Gasteiger charge is -2.31. The molecule has 1 N–H and O–H groups in total. The van der Waals surface area contributed by atoms with Gasteiger partial charge in [-0.15, -0.1) is 0 Å². The average molecular weight is 329 g/mol. The SMILES string of the molecule is CCOP(=O)(OCC)[C@H]1Cc2cc(OC)c(OC)cc2CN1. The van der Waals surface area contributed by atoms with Gasteiger partial charge in [-0.25, -0.2) is 0 Å². The molecule has 1 aromatic rings. The Morgan fingerprint density at radius 2 is 1.64 bits per heavy atom. The predicted molar refractivity (Wildman–Crippen MR) is 84.7 cm³/mol. The van der Waals surface area contributed by atoms with Crippen molar-refractivity contribution < 1.29 is 23.1 Å². The lowest BCUT2D eigenvalue weighted by atomic mass is 10.00. The van der Waals surface area contributed by atoms with E-state index in [9.17, 15) is 4.57 Å². The Kier molecular flexibility index (Phi) is 5.87. The number of nitrogens with one attached hydrogen (secondary N) is 1. The number of rotatable bonds is 7. The molecule has 1 aliphatic rings. The van der Waals surface area contributed by atoms with Crippen LogP contribution in [0.25, 0.3) is 0 Å². The quantitative estimate of drug-likeness (QED) is 0.776. The molecule has 22 heavy (non-hydrogen) atoms. The van der Waals surface area contributed by atoms with Crippen LogP contribution in [0.15, 0.2) is 12.1 Å². The highest BCUT2D eigenvalue weighted by Gasteiger charge is 2.38. The Morgan fingerprint density at radius 3 is 2.14 bits per heavy atom. The van der Waals surface area contributed by atoms with E-state index in [1.807, 2.05) is 26.0 Å². The van der Waals surface area contributed by atoms with Gasteiger partial charge in [0, 0.05) is 6.54 Å². The molecule has 0 bridgehead atoms. The molecular weight excluding hydrogens is 305 g/mol. The minimum absolute atomic E-state index is 0.349. The zero-order chi connectivity index (χ0) is 16.2. The van der Waals surface area contributed by atoms with Gasteiger partial charge in [-0.3, -0.25) is 9.88 Å². The molecule has 1 heterocycles. The molecule has 0 aliphatic carbocycles. The highest BCUT2D eigenvalue weighted by atomic mass is 31.2. The fourth-order valence-electron chi connectivity index (χ4n) is 2.63. The predicted octanol–water partition coefficient (Wildman–Crippen LogP) is 2.94. The molecule has 1 aliphatic heterocycles. The van der Waals surface area contributed by atoms with Crippen molar-refractivity contribution in [1.29, 1.82) is 0 Å². The van der Waals surface area contributed by atoms with Crippen molar-refractivity contribution in [2.45, 2.75) is 32.6 Å². The second-order valence-corrected chi connectivity index (χ2v) is 7.17. The van der Waals surface area contributed by atoms with E-state index in [4.69, 9.17) is 18.5 Å². The van der Waals surface area contributed by atoms with Gasteiger partial charge in [-0.2, -0.15) is 0 Å². The van der Waals surface area contributed by atoms with E-state index in [-0.39, 0.29) is 5.78 Å². The van der Waals surface area contributed by atoms with Gasteiger partial charge in [0.05, 0.1) is 27.4 Å². The van der Waals surface area contributed by atoms with Crippen LogP contribution < -0.4 is 14.8 Å². The van der Waals surface area contributed by atoms with E-state index in [0.29, 0.717) is 37.7 Å². The van der Waals surface area contributed by atoms with Crippen molar-refractivity contribution in [3.8, 4) is 11.5 Å². The minimum atomic E-state index is -3.18. The fraction of sp³-hybridized carbons (Fsp3) is 0.600. The van der Waals surface area contributed by atoms with Gasteiger partial charge in [-0.05, 0) is 43.5 Å². The molecule has 7 heteroatoms. The summed E-state index contributed by atoms with van der Waals surface area (Å²) in [5, 5.41) is 3.26. The van der Waals surface area contributed by atoms with Gasteiger partial charge in [0.1, 0.15) is 5.78 Å². The molecule has 0 spiro atoms. The van der Waals surface area contributed by atoms with Gasteiger partial charge >= 0.3 is 7.60 Å². The summed E-state index contributed by atoms with van der Waals surface area (Å²) in [7, 11) is 0.0421. The number of hydrogen-bond acceptors (Lipinski definition) is 6. The van der Waals surface area contributed by atoms with E-state index in [2.05, 4.69) is 5.32 Å². The maximum Gasteiger partial charge on any atom is 0.347 e. The van der Waals surface area contributed by atoms with E-state index >= 15 is 0 Å². The van der Waals surface area contributed by atoms with Gasteiger partial charge in [-0.1, -0.05) is 0 Å². The van der Waals surface area contributed by atoms with Crippen LogP contribution in [0.4, 0.5) is 0 Å². The summed E-state index contributed by atoms with van der Waals surface area (Å²) < 4.78 is 34.4. The Morgan fingerprint density at radius 1 is 1.09 bits per heavy atom. The van der Waals surface area contributed by atoms with E-state index in [0.717, 1.165) is 11.1 Å². The molecule has 0 saturated carbocycles. The second kappa shape index (κ2) is 7.47. The van der Waals surface area contributed by atoms with Crippen LogP contribution in [0.2, 0.25) is 0 Å². The number of methoxy groups -OCH3 is 2. The van der Waals surface area contributed by atoms with E-state index < -0.39 is 7.60 Å². The summed E-state index contributed by atoms with van der Waals surface area (Å²) in [5.41, 5.74) is 2.18. The van der Waals surface area contributed by atoms with Crippen LogP contribution in [0.5, 0.6) is 11.5 Å². The van der Waals surface area contributed by atoms with Crippen LogP contribution in [-0.2, 0) is 26.6 Å². The normalized spacial score (nSPS) is 17.9. The third kappa shape index (κ3) is 3.46. The van der Waals surface area contributed by atoms with Crippen molar-refractivity contribution in [2.24, 2.45) is 0 Å². The molecule has 124 valence electrons. The van der Waals surface area contributed by atoms with Crippen LogP contribution in [0.1, 0.15) is 25.0 Å². The van der Waals surface area contributed by atoms with Gasteiger partial charge in [0.25, 0.3) is 0 Å². The molecule has 0 aromatic heterocycles. The fourth-order valence-corrected chi connectivity index (χ4v) is 4.52. The molecular formula is C15H24NO5P. The number of ether oxygens (including phenoxy) is 2. The average Bonchev–Trinajstić information content (AvgIpc) is 2.53. The maximum absolute atomic E-state index is 12.9. The Labute approximate surface area is 131 Å². The van der Waals surface area contributed by atoms with Crippen molar-refractivity contribution >= 4 is 7.60 Å². The van der Waals surface area contributed by atoms with E-state index in [1.54, 1.807) is 14.2 Å². The molecule has 1 aromatic carbocycles. The highest BCUT2D eigenvalue weighted by Crippen LogP contribution is 2.54. The zero-order valence-corrected chi connectivity index (χ0v) is 14.4. The summed E-state index contributed by atoms with van der Waals surface area (Å²) in [6.45, 7) is 4.93. The van der Waals surface area contributed by atoms with Gasteiger partial charge in [0.2, 0.25) is 0 Å². The molecule has 0 fully saturated rings. The van der Waals surface area contributed by atoms with Crippen LogP contribution >= 0.6 is 7.60 Å². The van der Waals surface area contributed by atoms with Crippen molar-refractivity contribution in [2.75, 3.05) is 27.4 Å². The number of benzene rings is 1. The second-order valence-electron chi connectivity index (χ2n) is 4.95. The van der Waals surface area contributed by atoms with E-state index in [1.165, 1.54) is 0 Å². The van der Waals surface area contributed by atoms with Crippen molar-refractivity contribution in [3.63, 3.8) is 0 Å². The summed E-state index contributed by atoms with van der Waals surface area (Å²) in [6, 6.07) is 3.88. The first-order chi connectivity index (χ1) is 10.6. The summed E-state index contributed by atoms with van der Waals surface area (Å²) in [5.74, 6) is 1.02. The number of hydrogen-bond donors (Lipinski definition) is 1. The Bertz CT molecular complexity index is 553. The first-order valence-corrected chi connectivity index (χ1v) is 9.05. The number of fused-ring (bicyclic) bond motifs is 1. The van der Waals surface area contributed by atoms with Gasteiger partial charge < -0.3 is 18.5 Å². The lowest BCUT2D eigenvalue weighted by molar-refractivity contribution is 0.205. The summed E-state index contributed by atoms with van der Waals surface area (Å²) >= 11 is 0. The van der Waals surface area contributed by atoms with Crippen molar-refractivity contribution in [1.82, 2.24) is 5.32 Å².